The maximum atomic E-state index is 13.4. The van der Waals surface area contributed by atoms with Crippen molar-refractivity contribution in [2.45, 2.75) is 13.3 Å². The first-order chi connectivity index (χ1) is 13.0. The van der Waals surface area contributed by atoms with Crippen LogP contribution in [0.25, 0.3) is 5.69 Å². The average molecular weight is 366 g/mol. The first-order valence-electron chi connectivity index (χ1n) is 8.55. The summed E-state index contributed by atoms with van der Waals surface area (Å²) in [4.78, 5) is 24.4. The molecule has 5 nitrogen and oxygen atoms in total. The second-order valence-corrected chi connectivity index (χ2v) is 5.91. The van der Waals surface area contributed by atoms with Crippen molar-refractivity contribution in [1.29, 1.82) is 0 Å². The molecule has 3 aromatic rings. The molecule has 2 aromatic carbocycles. The number of aromatic nitrogens is 1. The minimum atomic E-state index is -0.440. The summed E-state index contributed by atoms with van der Waals surface area (Å²) < 4.78 is 20.1. The molecule has 0 aliphatic heterocycles. The normalized spacial score (nSPS) is 10.4. The number of amides is 1. The van der Waals surface area contributed by atoms with Crippen LogP contribution in [-0.2, 0) is 11.2 Å². The van der Waals surface area contributed by atoms with Crippen LogP contribution in [0.1, 0.15) is 12.5 Å². The number of nitrogens with one attached hydrogen (secondary N) is 1. The molecule has 1 N–H and O–H groups in total. The van der Waals surface area contributed by atoms with Gasteiger partial charge < -0.3 is 10.1 Å². The first-order valence-corrected chi connectivity index (χ1v) is 8.55. The summed E-state index contributed by atoms with van der Waals surface area (Å²) >= 11 is 0. The monoisotopic (exact) mass is 366 g/mol. The number of nitrogens with zero attached hydrogens (tertiary/aromatic N) is 1. The highest BCUT2D eigenvalue weighted by atomic mass is 19.1. The third kappa shape index (κ3) is 4.82. The molecule has 138 valence electrons. The van der Waals surface area contributed by atoms with Crippen molar-refractivity contribution in [3.63, 3.8) is 0 Å². The van der Waals surface area contributed by atoms with Crippen molar-refractivity contribution in [2.75, 3.05) is 11.9 Å². The van der Waals surface area contributed by atoms with E-state index in [9.17, 15) is 14.0 Å². The predicted molar refractivity (Wildman–Crippen MR) is 102 cm³/mol. The van der Waals surface area contributed by atoms with Crippen molar-refractivity contribution in [3.8, 4) is 11.4 Å². The Morgan fingerprint density at radius 1 is 1.11 bits per heavy atom. The van der Waals surface area contributed by atoms with Gasteiger partial charge in [0.25, 0.3) is 5.56 Å². The minimum Gasteiger partial charge on any atom is -0.494 e. The Hall–Kier alpha value is -3.41. The molecular formula is C21H19FN2O3. The quantitative estimate of drug-likeness (QED) is 0.726. The lowest BCUT2D eigenvalue weighted by Gasteiger charge is -2.10. The van der Waals surface area contributed by atoms with Crippen molar-refractivity contribution in [3.05, 3.63) is 88.6 Å². The topological polar surface area (TPSA) is 60.3 Å². The SMILES string of the molecule is CCOc1ccc(CC(=O)Nc2ccc(=O)n(-c3cccc(F)c3)c2)cc1. The molecular weight excluding hydrogens is 347 g/mol. The van der Waals surface area contributed by atoms with Crippen molar-refractivity contribution in [1.82, 2.24) is 4.57 Å². The van der Waals surface area contributed by atoms with Gasteiger partial charge >= 0.3 is 0 Å². The number of benzene rings is 2. The Kier molecular flexibility index (Phi) is 5.66. The van der Waals surface area contributed by atoms with Gasteiger partial charge in [0.1, 0.15) is 11.6 Å². The van der Waals surface area contributed by atoms with Crippen LogP contribution in [0.4, 0.5) is 10.1 Å². The van der Waals surface area contributed by atoms with E-state index in [4.69, 9.17) is 4.74 Å². The number of halogens is 1. The van der Waals surface area contributed by atoms with Crippen LogP contribution in [0.15, 0.2) is 71.7 Å². The smallest absolute Gasteiger partial charge is 0.255 e. The van der Waals surface area contributed by atoms with E-state index in [1.807, 2.05) is 31.2 Å². The highest BCUT2D eigenvalue weighted by molar-refractivity contribution is 5.92. The molecule has 1 heterocycles. The number of ether oxygens (including phenoxy) is 1. The number of anilines is 1. The van der Waals surface area contributed by atoms with E-state index in [1.54, 1.807) is 6.07 Å². The zero-order chi connectivity index (χ0) is 19.2. The Morgan fingerprint density at radius 3 is 2.59 bits per heavy atom. The Morgan fingerprint density at radius 2 is 1.89 bits per heavy atom. The second-order valence-electron chi connectivity index (χ2n) is 5.91. The fraction of sp³-hybridized carbons (Fsp3) is 0.143. The summed E-state index contributed by atoms with van der Waals surface area (Å²) in [5.74, 6) is 0.0942. The predicted octanol–water partition coefficient (Wildman–Crippen LogP) is 3.56. The van der Waals surface area contributed by atoms with E-state index in [2.05, 4.69) is 5.32 Å². The molecule has 0 aliphatic rings. The van der Waals surface area contributed by atoms with E-state index in [1.165, 1.54) is 41.1 Å². The average Bonchev–Trinajstić information content (AvgIpc) is 2.65. The largest absolute Gasteiger partial charge is 0.494 e. The van der Waals surface area contributed by atoms with E-state index in [0.717, 1.165) is 11.3 Å². The van der Waals surface area contributed by atoms with Gasteiger partial charge in [-0.05, 0) is 48.9 Å². The van der Waals surface area contributed by atoms with Crippen LogP contribution < -0.4 is 15.6 Å². The highest BCUT2D eigenvalue weighted by Crippen LogP contribution is 2.14. The summed E-state index contributed by atoms with van der Waals surface area (Å²) in [5.41, 5.74) is 1.37. The van der Waals surface area contributed by atoms with E-state index >= 15 is 0 Å². The maximum Gasteiger partial charge on any atom is 0.255 e. The molecule has 0 unspecified atom stereocenters. The van der Waals surface area contributed by atoms with Crippen LogP contribution in [0, 0.1) is 5.82 Å². The number of rotatable bonds is 6. The molecule has 3 rings (SSSR count). The molecule has 0 saturated heterocycles. The van der Waals surface area contributed by atoms with Gasteiger partial charge in [0, 0.05) is 12.3 Å². The zero-order valence-corrected chi connectivity index (χ0v) is 14.8. The summed E-state index contributed by atoms with van der Waals surface area (Å²) in [6, 6.07) is 15.8. The number of hydrogen-bond acceptors (Lipinski definition) is 3. The number of carbonyl (C=O) groups is 1. The fourth-order valence-corrected chi connectivity index (χ4v) is 2.65. The molecule has 0 aliphatic carbocycles. The summed E-state index contributed by atoms with van der Waals surface area (Å²) in [6.45, 7) is 2.49. The summed E-state index contributed by atoms with van der Waals surface area (Å²) in [6.07, 6.45) is 1.67. The van der Waals surface area contributed by atoms with E-state index in [-0.39, 0.29) is 17.9 Å². The third-order valence-corrected chi connectivity index (χ3v) is 3.88. The van der Waals surface area contributed by atoms with Crippen molar-refractivity contribution >= 4 is 11.6 Å². The zero-order valence-electron chi connectivity index (χ0n) is 14.8. The van der Waals surface area contributed by atoms with Gasteiger partial charge in [0.15, 0.2) is 0 Å². The van der Waals surface area contributed by atoms with E-state index in [0.29, 0.717) is 18.0 Å². The molecule has 1 amide bonds. The lowest BCUT2D eigenvalue weighted by atomic mass is 10.1. The van der Waals surface area contributed by atoms with Gasteiger partial charge in [-0.3, -0.25) is 14.2 Å². The van der Waals surface area contributed by atoms with Crippen molar-refractivity contribution < 1.29 is 13.9 Å². The number of hydrogen-bond donors (Lipinski definition) is 1. The Balaban J connectivity index is 1.72. The summed E-state index contributed by atoms with van der Waals surface area (Å²) in [7, 11) is 0. The van der Waals surface area contributed by atoms with Crippen molar-refractivity contribution in [2.24, 2.45) is 0 Å². The molecule has 0 saturated carbocycles. The lowest BCUT2D eigenvalue weighted by molar-refractivity contribution is -0.115. The molecule has 27 heavy (non-hydrogen) atoms. The van der Waals surface area contributed by atoms with Gasteiger partial charge in [-0.1, -0.05) is 18.2 Å². The standard InChI is InChI=1S/C21H19FN2O3/c1-2-27-19-9-6-15(7-10-19)12-20(25)23-17-8-11-21(26)24(14-17)18-5-3-4-16(22)13-18/h3-11,13-14H,2,12H2,1H3,(H,23,25). The van der Waals surface area contributed by atoms with Gasteiger partial charge in [-0.2, -0.15) is 0 Å². The maximum absolute atomic E-state index is 13.4. The fourth-order valence-electron chi connectivity index (χ4n) is 2.65. The van der Waals surface area contributed by atoms with E-state index < -0.39 is 5.82 Å². The molecule has 0 bridgehead atoms. The van der Waals surface area contributed by atoms with Crippen LogP contribution in [0.5, 0.6) is 5.75 Å². The molecule has 1 aromatic heterocycles. The Labute approximate surface area is 156 Å². The number of carbonyl (C=O) groups excluding carboxylic acids is 1. The molecule has 0 atom stereocenters. The van der Waals surface area contributed by atoms with Crippen LogP contribution >= 0.6 is 0 Å². The second kappa shape index (κ2) is 8.31. The van der Waals surface area contributed by atoms with Crippen LogP contribution in [0.3, 0.4) is 0 Å². The minimum absolute atomic E-state index is 0.186. The van der Waals surface area contributed by atoms with Crippen LogP contribution in [0.2, 0.25) is 0 Å². The number of pyridine rings is 1. The molecule has 6 heteroatoms. The molecule has 0 spiro atoms. The highest BCUT2D eigenvalue weighted by Gasteiger charge is 2.07. The summed E-state index contributed by atoms with van der Waals surface area (Å²) in [5, 5.41) is 2.76. The van der Waals surface area contributed by atoms with Gasteiger partial charge in [-0.25, -0.2) is 4.39 Å². The first kappa shape index (κ1) is 18.4. The lowest BCUT2D eigenvalue weighted by Crippen LogP contribution is -2.20. The van der Waals surface area contributed by atoms with Gasteiger partial charge in [0.05, 0.1) is 24.4 Å². The van der Waals surface area contributed by atoms with Crippen LogP contribution in [-0.4, -0.2) is 17.1 Å². The van der Waals surface area contributed by atoms with Gasteiger partial charge in [-0.15, -0.1) is 0 Å². The molecule has 0 fully saturated rings. The van der Waals surface area contributed by atoms with Gasteiger partial charge in [0.2, 0.25) is 5.91 Å². The molecule has 0 radical (unpaired) electrons. The Bertz CT molecular complexity index is 997. The third-order valence-electron chi connectivity index (χ3n) is 3.88.